The summed E-state index contributed by atoms with van der Waals surface area (Å²) in [7, 11) is 2.21. The van der Waals surface area contributed by atoms with Crippen molar-refractivity contribution < 1.29 is 0 Å². The minimum atomic E-state index is 0.696. The van der Waals surface area contributed by atoms with Gasteiger partial charge in [0, 0.05) is 24.0 Å². The molecule has 0 radical (unpaired) electrons. The first kappa shape index (κ1) is 12.6. The highest BCUT2D eigenvalue weighted by molar-refractivity contribution is 9.11. The van der Waals surface area contributed by atoms with E-state index in [4.69, 9.17) is 0 Å². The molecule has 1 atom stereocenters. The Morgan fingerprint density at radius 1 is 1.50 bits per heavy atom. The van der Waals surface area contributed by atoms with Gasteiger partial charge in [0.05, 0.1) is 3.79 Å². The van der Waals surface area contributed by atoms with Crippen LogP contribution in [-0.2, 0) is 6.54 Å². The highest BCUT2D eigenvalue weighted by atomic mass is 79.9. The molecule has 0 aliphatic carbocycles. The predicted octanol–water partition coefficient (Wildman–Crippen LogP) is 3.08. The van der Waals surface area contributed by atoms with Gasteiger partial charge in [-0.25, -0.2) is 0 Å². The minimum Gasteiger partial charge on any atom is -0.313 e. The molecular weight excluding hydrogens is 284 g/mol. The normalized spacial score (nSPS) is 21.6. The highest BCUT2D eigenvalue weighted by Crippen LogP contribution is 2.23. The van der Waals surface area contributed by atoms with Gasteiger partial charge in [-0.2, -0.15) is 0 Å². The lowest BCUT2D eigenvalue weighted by Gasteiger charge is -2.27. The van der Waals surface area contributed by atoms with Crippen molar-refractivity contribution in [1.82, 2.24) is 10.2 Å². The summed E-state index contributed by atoms with van der Waals surface area (Å²) in [6.07, 6.45) is 4.06. The third kappa shape index (κ3) is 3.84. The Labute approximate surface area is 110 Å². The second-order valence-corrected chi connectivity index (χ2v) is 7.10. The van der Waals surface area contributed by atoms with E-state index in [0.29, 0.717) is 6.04 Å². The van der Waals surface area contributed by atoms with E-state index < -0.39 is 0 Å². The van der Waals surface area contributed by atoms with Gasteiger partial charge in [-0.15, -0.1) is 11.3 Å². The van der Waals surface area contributed by atoms with Gasteiger partial charge < -0.3 is 5.32 Å². The van der Waals surface area contributed by atoms with Crippen LogP contribution in [0.5, 0.6) is 0 Å². The number of nitrogens with one attached hydrogen (secondary N) is 1. The maximum Gasteiger partial charge on any atom is 0.0701 e. The number of nitrogens with zero attached hydrogens (tertiary/aromatic N) is 1. The molecule has 0 amide bonds. The Balaban J connectivity index is 1.77. The Bertz CT molecular complexity index is 321. The monoisotopic (exact) mass is 302 g/mol. The van der Waals surface area contributed by atoms with E-state index in [9.17, 15) is 0 Å². The lowest BCUT2D eigenvalue weighted by atomic mass is 10.0. The molecule has 90 valence electrons. The number of piperidine rings is 1. The van der Waals surface area contributed by atoms with Gasteiger partial charge in [-0.3, -0.25) is 4.90 Å². The fraction of sp³-hybridized carbons (Fsp3) is 0.667. The van der Waals surface area contributed by atoms with E-state index in [-0.39, 0.29) is 0 Å². The zero-order valence-corrected chi connectivity index (χ0v) is 12.1. The maximum absolute atomic E-state index is 3.59. The average Bonchev–Trinajstić information content (AvgIpc) is 2.65. The first-order chi connectivity index (χ1) is 7.74. The number of halogens is 1. The molecule has 2 nitrogen and oxygen atoms in total. The molecule has 1 fully saturated rings. The first-order valence-electron chi connectivity index (χ1n) is 5.90. The van der Waals surface area contributed by atoms with E-state index in [2.05, 4.69) is 45.3 Å². The maximum atomic E-state index is 3.59. The Hall–Kier alpha value is 0.1000. The van der Waals surface area contributed by atoms with Crippen LogP contribution in [0.1, 0.15) is 24.1 Å². The largest absolute Gasteiger partial charge is 0.313 e. The second kappa shape index (κ2) is 6.15. The van der Waals surface area contributed by atoms with Crippen LogP contribution in [0.25, 0.3) is 0 Å². The van der Waals surface area contributed by atoms with Gasteiger partial charge in [-0.1, -0.05) is 6.42 Å². The van der Waals surface area contributed by atoms with Crippen molar-refractivity contribution in [2.75, 3.05) is 20.1 Å². The third-order valence-electron chi connectivity index (χ3n) is 3.00. The van der Waals surface area contributed by atoms with Crippen molar-refractivity contribution in [3.05, 3.63) is 20.8 Å². The summed E-state index contributed by atoms with van der Waals surface area (Å²) in [5.41, 5.74) is 0. The molecule has 1 aromatic heterocycles. The molecule has 1 aliphatic rings. The number of thiophene rings is 1. The van der Waals surface area contributed by atoms with Gasteiger partial charge in [-0.05, 0) is 54.5 Å². The van der Waals surface area contributed by atoms with Crippen LogP contribution in [0.2, 0.25) is 0 Å². The molecule has 0 spiro atoms. The van der Waals surface area contributed by atoms with Crippen molar-refractivity contribution in [2.45, 2.75) is 31.8 Å². The summed E-state index contributed by atoms with van der Waals surface area (Å²) >= 11 is 5.34. The van der Waals surface area contributed by atoms with Crippen LogP contribution >= 0.6 is 27.3 Å². The van der Waals surface area contributed by atoms with Crippen LogP contribution in [-0.4, -0.2) is 31.1 Å². The summed E-state index contributed by atoms with van der Waals surface area (Å²) in [6, 6.07) is 5.04. The molecule has 2 rings (SSSR count). The molecule has 0 bridgehead atoms. The minimum absolute atomic E-state index is 0.696. The summed E-state index contributed by atoms with van der Waals surface area (Å²) < 4.78 is 1.23. The number of hydrogen-bond donors (Lipinski definition) is 1. The average molecular weight is 303 g/mol. The molecule has 1 aromatic rings. The summed E-state index contributed by atoms with van der Waals surface area (Å²) in [5.74, 6) is 0. The second-order valence-electron chi connectivity index (χ2n) is 4.55. The molecule has 1 aliphatic heterocycles. The van der Waals surface area contributed by atoms with Crippen LogP contribution in [0.4, 0.5) is 0 Å². The van der Waals surface area contributed by atoms with Crippen molar-refractivity contribution >= 4 is 27.3 Å². The Morgan fingerprint density at radius 3 is 3.00 bits per heavy atom. The predicted molar refractivity (Wildman–Crippen MR) is 74.0 cm³/mol. The Kier molecular flexibility index (Phi) is 4.82. The van der Waals surface area contributed by atoms with E-state index in [0.717, 1.165) is 13.1 Å². The van der Waals surface area contributed by atoms with E-state index in [1.165, 1.54) is 34.5 Å². The van der Waals surface area contributed by atoms with Gasteiger partial charge in [0.15, 0.2) is 0 Å². The molecule has 0 saturated carbocycles. The van der Waals surface area contributed by atoms with Crippen LogP contribution < -0.4 is 5.32 Å². The molecular formula is C12H19BrN2S. The Morgan fingerprint density at radius 2 is 2.38 bits per heavy atom. The van der Waals surface area contributed by atoms with Gasteiger partial charge in [0.1, 0.15) is 0 Å². The van der Waals surface area contributed by atoms with E-state index in [1.807, 2.05) is 11.3 Å². The summed E-state index contributed by atoms with van der Waals surface area (Å²) in [5, 5.41) is 3.59. The lowest BCUT2D eigenvalue weighted by molar-refractivity contribution is 0.258. The quantitative estimate of drug-likeness (QED) is 0.919. The number of hydrogen-bond acceptors (Lipinski definition) is 3. The first-order valence-corrected chi connectivity index (χ1v) is 7.51. The molecule has 4 heteroatoms. The third-order valence-corrected chi connectivity index (χ3v) is 4.61. The summed E-state index contributed by atoms with van der Waals surface area (Å²) in [4.78, 5) is 3.85. The number of rotatable bonds is 4. The van der Waals surface area contributed by atoms with Crippen molar-refractivity contribution in [1.29, 1.82) is 0 Å². The topological polar surface area (TPSA) is 15.3 Å². The zero-order chi connectivity index (χ0) is 11.4. The van der Waals surface area contributed by atoms with Crippen molar-refractivity contribution in [3.63, 3.8) is 0 Å². The molecule has 1 N–H and O–H groups in total. The van der Waals surface area contributed by atoms with Crippen LogP contribution in [0.3, 0.4) is 0 Å². The smallest absolute Gasteiger partial charge is 0.0701 e. The van der Waals surface area contributed by atoms with E-state index >= 15 is 0 Å². The SMILES string of the molecule is CN(Cc1ccc(Br)s1)CC1CCCCN1. The molecule has 1 saturated heterocycles. The fourth-order valence-electron chi connectivity index (χ4n) is 2.22. The summed E-state index contributed by atoms with van der Waals surface area (Å²) in [6.45, 7) is 3.42. The van der Waals surface area contributed by atoms with Crippen LogP contribution in [0.15, 0.2) is 15.9 Å². The fourth-order valence-corrected chi connectivity index (χ4v) is 3.79. The molecule has 0 aromatic carbocycles. The molecule has 1 unspecified atom stereocenters. The molecule has 16 heavy (non-hydrogen) atoms. The van der Waals surface area contributed by atoms with Gasteiger partial charge in [0.2, 0.25) is 0 Å². The van der Waals surface area contributed by atoms with Gasteiger partial charge in [0.25, 0.3) is 0 Å². The number of likely N-dealkylation sites (N-methyl/N-ethyl adjacent to an activating group) is 1. The van der Waals surface area contributed by atoms with Crippen molar-refractivity contribution in [3.8, 4) is 0 Å². The zero-order valence-electron chi connectivity index (χ0n) is 9.71. The highest BCUT2D eigenvalue weighted by Gasteiger charge is 2.14. The molecule has 2 heterocycles. The lowest BCUT2D eigenvalue weighted by Crippen LogP contribution is -2.42. The van der Waals surface area contributed by atoms with E-state index in [1.54, 1.807) is 0 Å². The van der Waals surface area contributed by atoms with Gasteiger partial charge >= 0.3 is 0 Å². The standard InChI is InChI=1S/C12H19BrN2S/c1-15(8-10-4-2-3-7-14-10)9-11-5-6-12(13)16-11/h5-6,10,14H,2-4,7-9H2,1H3. The van der Waals surface area contributed by atoms with Crippen molar-refractivity contribution in [2.24, 2.45) is 0 Å². The van der Waals surface area contributed by atoms with Crippen LogP contribution in [0, 0.1) is 0 Å².